The number of ether oxygens (including phenoxy) is 2. The third kappa shape index (κ3) is 3.68. The van der Waals surface area contributed by atoms with Gasteiger partial charge in [0.15, 0.2) is 5.78 Å². The lowest BCUT2D eigenvalue weighted by atomic mass is 10.0. The summed E-state index contributed by atoms with van der Waals surface area (Å²) in [6, 6.07) is 9.50. The molecule has 0 bridgehead atoms. The number of methoxy groups -OCH3 is 1. The third-order valence-corrected chi connectivity index (χ3v) is 3.65. The molecule has 0 saturated carbocycles. The zero-order valence-electron chi connectivity index (χ0n) is 12.5. The van der Waals surface area contributed by atoms with Crippen molar-refractivity contribution in [2.75, 3.05) is 26.9 Å². The molecule has 1 aromatic carbocycles. The van der Waals surface area contributed by atoms with E-state index in [1.807, 2.05) is 35.2 Å². The van der Waals surface area contributed by atoms with E-state index >= 15 is 0 Å². The molecule has 1 aliphatic rings. The van der Waals surface area contributed by atoms with Gasteiger partial charge in [-0.25, -0.2) is 0 Å². The standard InChI is InChI=1S/C16H21NO4/c1-3-21-16(19)13-10-17(14(11-20-2)15(13)18)9-12-7-5-4-6-8-12/h4-8,13-14H,3,9-11H2,1-2H3. The Balaban J connectivity index is 2.11. The molecule has 0 N–H and O–H groups in total. The summed E-state index contributed by atoms with van der Waals surface area (Å²) < 4.78 is 10.1. The lowest BCUT2D eigenvalue weighted by Gasteiger charge is -2.22. The first-order valence-corrected chi connectivity index (χ1v) is 7.14. The highest BCUT2D eigenvalue weighted by Crippen LogP contribution is 2.23. The van der Waals surface area contributed by atoms with E-state index in [1.165, 1.54) is 0 Å². The van der Waals surface area contributed by atoms with E-state index in [0.717, 1.165) is 5.56 Å². The number of hydrogen-bond acceptors (Lipinski definition) is 5. The largest absolute Gasteiger partial charge is 0.465 e. The summed E-state index contributed by atoms with van der Waals surface area (Å²) in [6.07, 6.45) is 0. The van der Waals surface area contributed by atoms with Crippen molar-refractivity contribution >= 4 is 11.8 Å². The monoisotopic (exact) mass is 291 g/mol. The molecule has 0 spiro atoms. The first-order valence-electron chi connectivity index (χ1n) is 7.14. The van der Waals surface area contributed by atoms with E-state index < -0.39 is 11.9 Å². The van der Waals surface area contributed by atoms with Crippen LogP contribution in [0.5, 0.6) is 0 Å². The number of Topliss-reactive ketones (excluding diaryl/α,β-unsaturated/α-hetero) is 1. The van der Waals surface area contributed by atoms with Crippen LogP contribution in [0.15, 0.2) is 30.3 Å². The van der Waals surface area contributed by atoms with Gasteiger partial charge >= 0.3 is 5.97 Å². The number of carbonyl (C=O) groups is 2. The lowest BCUT2D eigenvalue weighted by Crippen LogP contribution is -2.36. The van der Waals surface area contributed by atoms with Gasteiger partial charge in [0.05, 0.1) is 19.3 Å². The number of hydrogen-bond donors (Lipinski definition) is 0. The Morgan fingerprint density at radius 2 is 2.05 bits per heavy atom. The van der Waals surface area contributed by atoms with Gasteiger partial charge in [0.2, 0.25) is 0 Å². The molecule has 1 fully saturated rings. The second-order valence-corrected chi connectivity index (χ2v) is 5.09. The Hall–Kier alpha value is -1.72. The smallest absolute Gasteiger partial charge is 0.317 e. The second kappa shape index (κ2) is 7.33. The van der Waals surface area contributed by atoms with Crippen molar-refractivity contribution in [1.29, 1.82) is 0 Å². The van der Waals surface area contributed by atoms with E-state index in [0.29, 0.717) is 19.7 Å². The van der Waals surface area contributed by atoms with Gasteiger partial charge in [0.1, 0.15) is 5.92 Å². The van der Waals surface area contributed by atoms with Crippen LogP contribution in [0.25, 0.3) is 0 Å². The van der Waals surface area contributed by atoms with E-state index in [-0.39, 0.29) is 18.4 Å². The van der Waals surface area contributed by atoms with Crippen molar-refractivity contribution in [3.05, 3.63) is 35.9 Å². The van der Waals surface area contributed by atoms with Crippen molar-refractivity contribution < 1.29 is 19.1 Å². The summed E-state index contributed by atoms with van der Waals surface area (Å²) in [5, 5.41) is 0. The number of nitrogens with zero attached hydrogens (tertiary/aromatic N) is 1. The minimum Gasteiger partial charge on any atom is -0.465 e. The average Bonchev–Trinajstić information content (AvgIpc) is 2.78. The fourth-order valence-electron chi connectivity index (χ4n) is 2.64. The normalized spacial score (nSPS) is 22.5. The average molecular weight is 291 g/mol. The highest BCUT2D eigenvalue weighted by atomic mass is 16.5. The van der Waals surface area contributed by atoms with Crippen molar-refractivity contribution in [3.8, 4) is 0 Å². The number of benzene rings is 1. The number of likely N-dealkylation sites (tertiary alicyclic amines) is 1. The molecule has 0 radical (unpaired) electrons. The highest BCUT2D eigenvalue weighted by molar-refractivity contribution is 6.03. The Kier molecular flexibility index (Phi) is 5.47. The summed E-state index contributed by atoms with van der Waals surface area (Å²) in [4.78, 5) is 26.3. The molecule has 114 valence electrons. The SMILES string of the molecule is CCOC(=O)C1CN(Cc2ccccc2)C(COC)C1=O. The van der Waals surface area contributed by atoms with Crippen LogP contribution in [0, 0.1) is 5.92 Å². The van der Waals surface area contributed by atoms with Crippen LogP contribution in [-0.4, -0.2) is 49.6 Å². The molecule has 0 amide bonds. The summed E-state index contributed by atoms with van der Waals surface area (Å²) in [5.41, 5.74) is 1.11. The first kappa shape index (κ1) is 15.7. The zero-order chi connectivity index (χ0) is 15.2. The molecule has 0 aliphatic carbocycles. The highest BCUT2D eigenvalue weighted by Gasteiger charge is 2.44. The fraction of sp³-hybridized carbons (Fsp3) is 0.500. The van der Waals surface area contributed by atoms with Crippen LogP contribution in [0.4, 0.5) is 0 Å². The number of carbonyl (C=O) groups excluding carboxylic acids is 2. The Morgan fingerprint density at radius 1 is 1.33 bits per heavy atom. The lowest BCUT2D eigenvalue weighted by molar-refractivity contribution is -0.150. The molecular weight excluding hydrogens is 270 g/mol. The van der Waals surface area contributed by atoms with Crippen LogP contribution in [0.1, 0.15) is 12.5 Å². The Labute approximate surface area is 124 Å². The summed E-state index contributed by atoms with van der Waals surface area (Å²) in [5.74, 6) is -1.24. The molecule has 2 rings (SSSR count). The van der Waals surface area contributed by atoms with Crippen LogP contribution in [0.3, 0.4) is 0 Å². The zero-order valence-corrected chi connectivity index (χ0v) is 12.5. The minimum atomic E-state index is -0.700. The second-order valence-electron chi connectivity index (χ2n) is 5.09. The minimum absolute atomic E-state index is 0.105. The third-order valence-electron chi connectivity index (χ3n) is 3.65. The van der Waals surface area contributed by atoms with Gasteiger partial charge in [-0.2, -0.15) is 0 Å². The van der Waals surface area contributed by atoms with E-state index in [1.54, 1.807) is 14.0 Å². The van der Waals surface area contributed by atoms with Gasteiger partial charge in [0.25, 0.3) is 0 Å². The summed E-state index contributed by atoms with van der Waals surface area (Å²) >= 11 is 0. The fourth-order valence-corrected chi connectivity index (χ4v) is 2.64. The Bertz CT molecular complexity index is 488. The van der Waals surface area contributed by atoms with Gasteiger partial charge in [-0.15, -0.1) is 0 Å². The van der Waals surface area contributed by atoms with E-state index in [2.05, 4.69) is 0 Å². The topological polar surface area (TPSA) is 55.8 Å². The van der Waals surface area contributed by atoms with Gasteiger partial charge in [-0.05, 0) is 12.5 Å². The van der Waals surface area contributed by atoms with Crippen molar-refractivity contribution in [2.45, 2.75) is 19.5 Å². The van der Waals surface area contributed by atoms with Gasteiger partial charge in [-0.3, -0.25) is 14.5 Å². The maximum Gasteiger partial charge on any atom is 0.317 e. The quantitative estimate of drug-likeness (QED) is 0.583. The van der Waals surface area contributed by atoms with Gasteiger partial charge < -0.3 is 9.47 Å². The molecule has 21 heavy (non-hydrogen) atoms. The van der Waals surface area contributed by atoms with E-state index in [9.17, 15) is 9.59 Å². The Morgan fingerprint density at radius 3 is 2.67 bits per heavy atom. The van der Waals surface area contributed by atoms with Crippen molar-refractivity contribution in [3.63, 3.8) is 0 Å². The molecule has 1 aliphatic heterocycles. The number of ketones is 1. The first-order chi connectivity index (χ1) is 10.2. The number of esters is 1. The molecule has 0 aromatic heterocycles. The van der Waals surface area contributed by atoms with Crippen LogP contribution >= 0.6 is 0 Å². The van der Waals surface area contributed by atoms with Crippen molar-refractivity contribution in [1.82, 2.24) is 4.90 Å². The van der Waals surface area contributed by atoms with Gasteiger partial charge in [0, 0.05) is 20.2 Å². The van der Waals surface area contributed by atoms with Crippen LogP contribution < -0.4 is 0 Å². The number of rotatable bonds is 6. The maximum absolute atomic E-state index is 12.4. The molecule has 1 heterocycles. The predicted octanol–water partition coefficient (Wildman–Crippen LogP) is 1.27. The summed E-state index contributed by atoms with van der Waals surface area (Å²) in [6.45, 7) is 3.33. The molecule has 1 aromatic rings. The van der Waals surface area contributed by atoms with Crippen LogP contribution in [0.2, 0.25) is 0 Å². The molecular formula is C16H21NO4. The van der Waals surface area contributed by atoms with Gasteiger partial charge in [-0.1, -0.05) is 30.3 Å². The molecule has 5 nitrogen and oxygen atoms in total. The predicted molar refractivity (Wildman–Crippen MR) is 77.6 cm³/mol. The van der Waals surface area contributed by atoms with E-state index in [4.69, 9.17) is 9.47 Å². The molecule has 2 atom stereocenters. The molecule has 1 saturated heterocycles. The summed E-state index contributed by atoms with van der Waals surface area (Å²) in [7, 11) is 1.56. The van der Waals surface area contributed by atoms with Crippen LogP contribution in [-0.2, 0) is 25.6 Å². The molecule has 2 unspecified atom stereocenters. The van der Waals surface area contributed by atoms with Crippen molar-refractivity contribution in [2.24, 2.45) is 5.92 Å². The molecule has 5 heteroatoms. The maximum atomic E-state index is 12.4.